The van der Waals surface area contributed by atoms with Crippen molar-refractivity contribution in [3.8, 4) is 11.5 Å². The monoisotopic (exact) mass is 465 g/mol. The van der Waals surface area contributed by atoms with Crippen molar-refractivity contribution in [2.24, 2.45) is 0 Å². The molecule has 1 aliphatic rings. The zero-order chi connectivity index (χ0) is 23.3. The molecule has 1 heterocycles. The summed E-state index contributed by atoms with van der Waals surface area (Å²) in [6, 6.07) is 10.9. The predicted octanol–water partition coefficient (Wildman–Crippen LogP) is 1.81. The van der Waals surface area contributed by atoms with E-state index in [-0.39, 0.29) is 42.8 Å². The zero-order valence-corrected chi connectivity index (χ0v) is 19.3. The Morgan fingerprint density at radius 3 is 2.31 bits per heavy atom. The average Bonchev–Trinajstić information content (AvgIpc) is 2.80. The van der Waals surface area contributed by atoms with Crippen LogP contribution >= 0.6 is 0 Å². The number of piperazine rings is 1. The molecule has 1 aliphatic heterocycles. The van der Waals surface area contributed by atoms with Crippen LogP contribution in [0.15, 0.2) is 47.4 Å². The lowest BCUT2D eigenvalue weighted by Gasteiger charge is -2.34. The molecule has 0 saturated carbocycles. The molecule has 0 spiro atoms. The number of amides is 1. The molecule has 0 aromatic heterocycles. The normalized spacial score (nSPS) is 15.4. The summed E-state index contributed by atoms with van der Waals surface area (Å²) in [4.78, 5) is 16.1. The molecule has 10 heteroatoms. The van der Waals surface area contributed by atoms with Gasteiger partial charge in [0.25, 0.3) is 0 Å². The summed E-state index contributed by atoms with van der Waals surface area (Å²) in [7, 11) is 0.870. The van der Waals surface area contributed by atoms with Crippen molar-refractivity contribution in [2.45, 2.75) is 11.4 Å². The van der Waals surface area contributed by atoms with Crippen LogP contribution in [0.3, 0.4) is 0 Å². The lowest BCUT2D eigenvalue weighted by molar-refractivity contribution is -0.131. The van der Waals surface area contributed by atoms with Crippen molar-refractivity contribution >= 4 is 15.9 Å². The Labute approximate surface area is 188 Å². The van der Waals surface area contributed by atoms with Gasteiger partial charge in [-0.15, -0.1) is 0 Å². The number of sulfonamides is 1. The lowest BCUT2D eigenvalue weighted by atomic mass is 10.2. The highest BCUT2D eigenvalue weighted by Gasteiger charge is 2.30. The Bertz CT molecular complexity index is 1060. The summed E-state index contributed by atoms with van der Waals surface area (Å²) in [5, 5.41) is 0. The highest BCUT2D eigenvalue weighted by Crippen LogP contribution is 2.30. The zero-order valence-electron chi connectivity index (χ0n) is 18.5. The molecule has 1 amide bonds. The van der Waals surface area contributed by atoms with E-state index in [0.717, 1.165) is 0 Å². The number of carbonyl (C=O) groups excluding carboxylic acids is 1. The molecule has 3 rings (SSSR count). The van der Waals surface area contributed by atoms with Crippen molar-refractivity contribution in [3.05, 3.63) is 53.8 Å². The number of ether oxygens (including phenoxy) is 2. The van der Waals surface area contributed by atoms with E-state index in [2.05, 4.69) is 0 Å². The molecule has 1 fully saturated rings. The molecule has 0 aliphatic carbocycles. The van der Waals surface area contributed by atoms with Gasteiger partial charge >= 0.3 is 0 Å². The number of hydrogen-bond donors (Lipinski definition) is 0. The minimum atomic E-state index is -3.70. The first kappa shape index (κ1) is 24.0. The van der Waals surface area contributed by atoms with E-state index in [0.29, 0.717) is 30.2 Å². The SMILES string of the molecule is COc1ccc(S(=O)(=O)N2CCN(CC(=O)N(C)Cc3ccccc3F)CC2)cc1OC. The third-order valence-electron chi connectivity index (χ3n) is 5.47. The summed E-state index contributed by atoms with van der Waals surface area (Å²) in [5.74, 6) is 0.301. The van der Waals surface area contributed by atoms with Crippen LogP contribution in [0.2, 0.25) is 0 Å². The number of nitrogens with zero attached hydrogens (tertiary/aromatic N) is 3. The predicted molar refractivity (Wildman–Crippen MR) is 118 cm³/mol. The molecule has 2 aromatic rings. The summed E-state index contributed by atoms with van der Waals surface area (Å²) >= 11 is 0. The highest BCUT2D eigenvalue weighted by atomic mass is 32.2. The molecular weight excluding hydrogens is 437 g/mol. The molecule has 32 heavy (non-hydrogen) atoms. The van der Waals surface area contributed by atoms with Gasteiger partial charge in [-0.05, 0) is 18.2 Å². The van der Waals surface area contributed by atoms with E-state index >= 15 is 0 Å². The smallest absolute Gasteiger partial charge is 0.243 e. The molecule has 8 nitrogen and oxygen atoms in total. The quantitative estimate of drug-likeness (QED) is 0.592. The first-order chi connectivity index (χ1) is 15.3. The van der Waals surface area contributed by atoms with Crippen molar-refractivity contribution < 1.29 is 27.1 Å². The third kappa shape index (κ3) is 5.37. The van der Waals surface area contributed by atoms with Gasteiger partial charge in [0, 0.05) is 51.4 Å². The first-order valence-corrected chi connectivity index (χ1v) is 11.6. The fourth-order valence-electron chi connectivity index (χ4n) is 3.54. The second-order valence-electron chi connectivity index (χ2n) is 7.54. The molecule has 174 valence electrons. The fraction of sp³-hybridized carbons (Fsp3) is 0.409. The van der Waals surface area contributed by atoms with Gasteiger partial charge in [-0.3, -0.25) is 9.69 Å². The Morgan fingerprint density at radius 1 is 1.03 bits per heavy atom. The van der Waals surface area contributed by atoms with E-state index in [1.165, 1.54) is 41.6 Å². The number of rotatable bonds is 8. The van der Waals surface area contributed by atoms with Gasteiger partial charge < -0.3 is 14.4 Å². The minimum absolute atomic E-state index is 0.129. The van der Waals surface area contributed by atoms with Gasteiger partial charge in [-0.1, -0.05) is 18.2 Å². The van der Waals surface area contributed by atoms with Gasteiger partial charge in [-0.25, -0.2) is 12.8 Å². The average molecular weight is 466 g/mol. The van der Waals surface area contributed by atoms with Crippen molar-refractivity contribution in [1.82, 2.24) is 14.1 Å². The molecule has 2 aromatic carbocycles. The first-order valence-electron chi connectivity index (χ1n) is 10.2. The van der Waals surface area contributed by atoms with Crippen molar-refractivity contribution in [2.75, 3.05) is 54.0 Å². The Hall–Kier alpha value is -2.69. The number of methoxy groups -OCH3 is 2. The summed E-state index contributed by atoms with van der Waals surface area (Å²) < 4.78 is 51.7. The van der Waals surface area contributed by atoms with Crippen LogP contribution in [0.4, 0.5) is 4.39 Å². The van der Waals surface area contributed by atoms with Gasteiger partial charge in [0.2, 0.25) is 15.9 Å². The lowest BCUT2D eigenvalue weighted by Crippen LogP contribution is -2.51. The van der Waals surface area contributed by atoms with E-state index in [1.54, 1.807) is 31.3 Å². The van der Waals surface area contributed by atoms with Crippen LogP contribution in [-0.2, 0) is 21.4 Å². The van der Waals surface area contributed by atoms with E-state index in [9.17, 15) is 17.6 Å². The summed E-state index contributed by atoms with van der Waals surface area (Å²) in [6.45, 7) is 1.70. The maximum atomic E-state index is 13.8. The van der Waals surface area contributed by atoms with Crippen LogP contribution in [0.25, 0.3) is 0 Å². The Balaban J connectivity index is 1.57. The van der Waals surface area contributed by atoms with Gasteiger partial charge in [-0.2, -0.15) is 4.31 Å². The van der Waals surface area contributed by atoms with Crippen molar-refractivity contribution in [3.63, 3.8) is 0 Å². The molecule has 0 radical (unpaired) electrons. The molecule has 0 atom stereocenters. The van der Waals surface area contributed by atoms with Crippen LogP contribution in [0.5, 0.6) is 11.5 Å². The minimum Gasteiger partial charge on any atom is -0.493 e. The van der Waals surface area contributed by atoms with Gasteiger partial charge in [0.1, 0.15) is 5.82 Å². The number of hydrogen-bond acceptors (Lipinski definition) is 6. The van der Waals surface area contributed by atoms with Gasteiger partial charge in [0.05, 0.1) is 25.7 Å². The summed E-state index contributed by atoms with van der Waals surface area (Å²) in [5.41, 5.74) is 0.453. The van der Waals surface area contributed by atoms with E-state index < -0.39 is 10.0 Å². The standard InChI is InChI=1S/C22H28FN3O5S/c1-24(15-17-6-4-5-7-19(17)23)22(27)16-25-10-12-26(13-11-25)32(28,29)18-8-9-20(30-2)21(14-18)31-3/h4-9,14H,10-13,15-16H2,1-3H3. The Morgan fingerprint density at radius 2 is 1.69 bits per heavy atom. The number of halogens is 1. The van der Waals surface area contributed by atoms with Crippen LogP contribution in [0.1, 0.15) is 5.56 Å². The second-order valence-corrected chi connectivity index (χ2v) is 9.48. The Kier molecular flexibility index (Phi) is 7.70. The van der Waals surface area contributed by atoms with Crippen LogP contribution in [0, 0.1) is 5.82 Å². The largest absolute Gasteiger partial charge is 0.493 e. The fourth-order valence-corrected chi connectivity index (χ4v) is 4.97. The van der Waals surface area contributed by atoms with Gasteiger partial charge in [0.15, 0.2) is 11.5 Å². The molecular formula is C22H28FN3O5S. The van der Waals surface area contributed by atoms with Crippen molar-refractivity contribution in [1.29, 1.82) is 0 Å². The van der Waals surface area contributed by atoms with Crippen LogP contribution in [-0.4, -0.2) is 82.4 Å². The maximum Gasteiger partial charge on any atom is 0.243 e. The van der Waals surface area contributed by atoms with E-state index in [4.69, 9.17) is 9.47 Å². The molecule has 0 N–H and O–H groups in total. The number of likely N-dealkylation sites (N-methyl/N-ethyl adjacent to an activating group) is 1. The molecule has 0 bridgehead atoms. The maximum absolute atomic E-state index is 13.8. The summed E-state index contributed by atoms with van der Waals surface area (Å²) in [6.07, 6.45) is 0. The van der Waals surface area contributed by atoms with E-state index in [1.807, 2.05) is 4.90 Å². The highest BCUT2D eigenvalue weighted by molar-refractivity contribution is 7.89. The molecule has 1 saturated heterocycles. The second kappa shape index (κ2) is 10.3. The third-order valence-corrected chi connectivity index (χ3v) is 7.37. The topological polar surface area (TPSA) is 79.4 Å². The number of carbonyl (C=O) groups is 1. The molecule has 0 unspecified atom stereocenters. The number of benzene rings is 2. The van der Waals surface area contributed by atoms with Crippen LogP contribution < -0.4 is 9.47 Å².